The predicted octanol–water partition coefficient (Wildman–Crippen LogP) is 6.57. The van der Waals surface area contributed by atoms with Crippen LogP contribution in [0, 0.1) is 24.6 Å². The summed E-state index contributed by atoms with van der Waals surface area (Å²) < 4.78 is 94.2. The van der Waals surface area contributed by atoms with Crippen LogP contribution in [0.4, 0.5) is 35.5 Å². The number of hydrogen-bond donors (Lipinski definition) is 1. The largest absolute Gasteiger partial charge is 0.416 e. The number of carbonyl (C=O) groups is 1. The third-order valence-corrected chi connectivity index (χ3v) is 7.65. The van der Waals surface area contributed by atoms with Gasteiger partial charge in [0, 0.05) is 26.1 Å². The van der Waals surface area contributed by atoms with E-state index in [4.69, 9.17) is 0 Å². The van der Waals surface area contributed by atoms with Gasteiger partial charge in [0.25, 0.3) is 0 Å². The van der Waals surface area contributed by atoms with E-state index in [1.807, 2.05) is 0 Å². The predicted molar refractivity (Wildman–Crippen MR) is 123 cm³/mol. The van der Waals surface area contributed by atoms with Gasteiger partial charge in [0.1, 0.15) is 5.82 Å². The van der Waals surface area contributed by atoms with Crippen molar-refractivity contribution in [2.45, 2.75) is 44.7 Å². The van der Waals surface area contributed by atoms with Crippen molar-refractivity contribution < 1.29 is 35.5 Å². The van der Waals surface area contributed by atoms with Crippen molar-refractivity contribution in [2.75, 3.05) is 26.7 Å². The topological polar surface area (TPSA) is 35.6 Å². The van der Waals surface area contributed by atoms with Crippen molar-refractivity contribution in [3.8, 4) is 0 Å². The molecule has 0 aromatic heterocycles. The Hall–Kier alpha value is -2.82. The highest BCUT2D eigenvalue weighted by molar-refractivity contribution is 5.75. The molecule has 2 amide bonds. The summed E-state index contributed by atoms with van der Waals surface area (Å²) >= 11 is 0. The Morgan fingerprint density at radius 2 is 1.65 bits per heavy atom. The lowest BCUT2D eigenvalue weighted by molar-refractivity contribution is -0.143. The lowest BCUT2D eigenvalue weighted by atomic mass is 9.78. The van der Waals surface area contributed by atoms with E-state index in [9.17, 15) is 35.5 Å². The molecule has 1 N–H and O–H groups in total. The van der Waals surface area contributed by atoms with E-state index in [-0.39, 0.29) is 17.5 Å². The summed E-state index contributed by atoms with van der Waals surface area (Å²) in [7, 11) is 1.37. The molecule has 0 spiro atoms. The van der Waals surface area contributed by atoms with Crippen LogP contribution in [0.5, 0.6) is 0 Å². The number of nitrogens with zero attached hydrogens (tertiary/aromatic N) is 2. The molecule has 4 nitrogen and oxygen atoms in total. The minimum Gasteiger partial charge on any atom is -0.321 e. The fourth-order valence-corrected chi connectivity index (χ4v) is 5.51. The second-order valence-electron chi connectivity index (χ2n) is 9.92. The highest BCUT2D eigenvalue weighted by Crippen LogP contribution is 2.44. The van der Waals surface area contributed by atoms with Crippen LogP contribution in [-0.4, -0.2) is 42.5 Å². The maximum absolute atomic E-state index is 13.8. The second kappa shape index (κ2) is 9.81. The molecular weight excluding hydrogens is 503 g/mol. The number of benzene rings is 2. The number of fused-ring (bicyclic) bond motifs is 1. The molecule has 2 aromatic carbocycles. The first-order valence-corrected chi connectivity index (χ1v) is 12.0. The molecule has 2 aliphatic heterocycles. The Labute approximate surface area is 210 Å². The Balaban J connectivity index is 1.69. The van der Waals surface area contributed by atoms with E-state index in [2.05, 4.69) is 5.32 Å². The fourth-order valence-electron chi connectivity index (χ4n) is 5.51. The van der Waals surface area contributed by atoms with Crippen LogP contribution < -0.4 is 5.32 Å². The molecule has 0 aliphatic carbocycles. The third-order valence-electron chi connectivity index (χ3n) is 7.65. The monoisotopic (exact) mass is 531 g/mol. The van der Waals surface area contributed by atoms with Gasteiger partial charge in [-0.2, -0.15) is 26.3 Å². The van der Waals surface area contributed by atoms with Crippen LogP contribution in [0.25, 0.3) is 0 Å². The van der Waals surface area contributed by atoms with Crippen LogP contribution in [0.2, 0.25) is 0 Å². The lowest BCUT2D eigenvalue weighted by Gasteiger charge is -2.45. The fraction of sp³-hybridized carbons (Fsp3) is 0.500. The maximum atomic E-state index is 13.8. The number of likely N-dealkylation sites (tertiary alicyclic amines) is 1. The zero-order valence-electron chi connectivity index (χ0n) is 20.6. The molecule has 11 heteroatoms. The smallest absolute Gasteiger partial charge is 0.321 e. The van der Waals surface area contributed by atoms with Crippen molar-refractivity contribution in [3.63, 3.8) is 0 Å². The summed E-state index contributed by atoms with van der Waals surface area (Å²) in [5.41, 5.74) is -1.69. The van der Waals surface area contributed by atoms with E-state index < -0.39 is 47.4 Å². The third kappa shape index (κ3) is 5.42. The maximum Gasteiger partial charge on any atom is 0.416 e. The summed E-state index contributed by atoms with van der Waals surface area (Å²) in [5, 5.41) is 3.33. The number of urea groups is 1. The Bertz CT molecular complexity index is 1130. The van der Waals surface area contributed by atoms with Gasteiger partial charge in [-0.15, -0.1) is 0 Å². The van der Waals surface area contributed by atoms with Gasteiger partial charge < -0.3 is 15.1 Å². The van der Waals surface area contributed by atoms with E-state index >= 15 is 0 Å². The molecule has 2 heterocycles. The molecule has 0 radical (unpaired) electrons. The number of carbonyl (C=O) groups excluding carboxylic acids is 1. The van der Waals surface area contributed by atoms with Gasteiger partial charge >= 0.3 is 18.4 Å². The van der Waals surface area contributed by atoms with Gasteiger partial charge in [0.15, 0.2) is 0 Å². The van der Waals surface area contributed by atoms with Crippen molar-refractivity contribution in [2.24, 2.45) is 11.8 Å². The molecule has 4 atom stereocenters. The van der Waals surface area contributed by atoms with Gasteiger partial charge in [-0.25, -0.2) is 9.18 Å². The van der Waals surface area contributed by atoms with Gasteiger partial charge in [0.05, 0.1) is 23.2 Å². The second-order valence-corrected chi connectivity index (χ2v) is 9.92. The first kappa shape index (κ1) is 27.2. The molecule has 202 valence electrons. The van der Waals surface area contributed by atoms with Gasteiger partial charge in [-0.05, 0) is 79.8 Å². The number of amides is 2. The summed E-state index contributed by atoms with van der Waals surface area (Å²) in [6, 6.07) is 3.72. The van der Waals surface area contributed by atoms with Crippen LogP contribution in [0.15, 0.2) is 36.4 Å². The average Bonchev–Trinajstić information content (AvgIpc) is 3.30. The van der Waals surface area contributed by atoms with Gasteiger partial charge in [0.2, 0.25) is 0 Å². The van der Waals surface area contributed by atoms with Crippen LogP contribution in [-0.2, 0) is 12.4 Å². The van der Waals surface area contributed by atoms with E-state index in [0.717, 1.165) is 12.1 Å². The summed E-state index contributed by atoms with van der Waals surface area (Å²) in [5.74, 6) is -0.0817. The molecule has 2 saturated heterocycles. The highest BCUT2D eigenvalue weighted by Gasteiger charge is 2.45. The molecule has 37 heavy (non-hydrogen) atoms. The van der Waals surface area contributed by atoms with Crippen molar-refractivity contribution in [3.05, 3.63) is 70.0 Å². The van der Waals surface area contributed by atoms with Crippen LogP contribution >= 0.6 is 0 Å². The van der Waals surface area contributed by atoms with Gasteiger partial charge in [-0.1, -0.05) is 6.07 Å². The van der Waals surface area contributed by atoms with Crippen molar-refractivity contribution in [1.82, 2.24) is 15.1 Å². The number of rotatable bonds is 3. The Morgan fingerprint density at radius 1 is 1.03 bits per heavy atom. The first-order valence-electron chi connectivity index (χ1n) is 12.0. The normalized spacial score (nSPS) is 23.1. The number of piperidine rings is 1. The lowest BCUT2D eigenvalue weighted by Crippen LogP contribution is -2.51. The zero-order valence-corrected chi connectivity index (χ0v) is 20.6. The van der Waals surface area contributed by atoms with Crippen molar-refractivity contribution in [1.29, 1.82) is 0 Å². The zero-order chi connectivity index (χ0) is 27.3. The standard InChI is InChI=1S/C26H28F7N3O/c1-14-8-20(27)4-5-21(14)23-22-13-34-12-16(22)6-7-36(23)24(37)35(3)15(2)17-9-18(25(28,29)30)11-19(10-17)26(31,32)33/h4-5,8-11,15-16,22-23,34H,6-7,12-13H2,1-3H3. The Kier molecular flexibility index (Phi) is 7.22. The molecule has 0 bridgehead atoms. The van der Waals surface area contributed by atoms with Crippen molar-refractivity contribution >= 4 is 6.03 Å². The molecular formula is C26H28F7N3O. The Morgan fingerprint density at radius 3 is 2.22 bits per heavy atom. The number of aryl methyl sites for hydroxylation is 1. The number of halogens is 7. The summed E-state index contributed by atoms with van der Waals surface area (Å²) in [6.45, 7) is 4.92. The molecule has 0 saturated carbocycles. The molecule has 4 unspecified atom stereocenters. The molecule has 2 aromatic rings. The van der Waals surface area contributed by atoms with E-state index in [0.29, 0.717) is 43.1 Å². The summed E-state index contributed by atoms with van der Waals surface area (Å²) in [6.07, 6.45) is -9.27. The van der Waals surface area contributed by atoms with Gasteiger partial charge in [-0.3, -0.25) is 0 Å². The SMILES string of the molecule is Cc1cc(F)ccc1C1C2CNCC2CCN1C(=O)N(C)C(C)c1cc(C(F)(F)F)cc(C(F)(F)F)c1. The quantitative estimate of drug-likeness (QED) is 0.455. The average molecular weight is 532 g/mol. The minimum absolute atomic E-state index is 0.0379. The van der Waals surface area contributed by atoms with E-state index in [1.54, 1.807) is 17.9 Å². The minimum atomic E-state index is -4.99. The molecule has 4 rings (SSSR count). The summed E-state index contributed by atoms with van der Waals surface area (Å²) in [4.78, 5) is 16.5. The molecule has 2 aliphatic rings. The van der Waals surface area contributed by atoms with Crippen LogP contribution in [0.1, 0.15) is 53.2 Å². The number of hydrogen-bond acceptors (Lipinski definition) is 2. The van der Waals surface area contributed by atoms with Crippen LogP contribution in [0.3, 0.4) is 0 Å². The molecule has 2 fully saturated rings. The highest BCUT2D eigenvalue weighted by atomic mass is 19.4. The first-order chi connectivity index (χ1) is 17.2. The number of nitrogens with one attached hydrogen (secondary N) is 1. The number of alkyl halides is 6. The van der Waals surface area contributed by atoms with E-state index in [1.165, 1.54) is 31.0 Å².